The van der Waals surface area contributed by atoms with Crippen LogP contribution in [0.2, 0.25) is 0 Å². The molecule has 1 amide bonds. The highest BCUT2D eigenvalue weighted by Crippen LogP contribution is 2.39. The number of aliphatic hydroxyl groups is 2. The maximum Gasteiger partial charge on any atom is 0.239 e. The van der Waals surface area contributed by atoms with E-state index < -0.39 is 17.5 Å². The molecule has 11 aromatic heterocycles. The normalized spacial score (nSPS) is 12.6. The second-order valence-corrected chi connectivity index (χ2v) is 41.9. The summed E-state index contributed by atoms with van der Waals surface area (Å²) < 4.78 is 52.2. The largest absolute Gasteiger partial charge is 0.388 e. The van der Waals surface area contributed by atoms with Crippen LogP contribution < -0.4 is 11.5 Å². The van der Waals surface area contributed by atoms with Crippen LogP contribution in [0.25, 0.3) is 5.69 Å². The average Bonchev–Trinajstić information content (AvgIpc) is 1.65. The molecule has 1 aromatic carbocycles. The van der Waals surface area contributed by atoms with Crippen LogP contribution in [0.3, 0.4) is 0 Å². The van der Waals surface area contributed by atoms with E-state index >= 15 is 0 Å². The number of carbonyl (C=O) groups excluding carboxylic acids is 1. The first-order valence-electron chi connectivity index (χ1n) is 52.5. The molecule has 0 saturated heterocycles. The van der Waals surface area contributed by atoms with Crippen molar-refractivity contribution in [1.29, 1.82) is 0 Å². The van der Waals surface area contributed by atoms with Crippen molar-refractivity contribution in [3.8, 4) is 5.69 Å². The monoisotopic (exact) mass is 2040 g/mol. The minimum absolute atomic E-state index is 0.0767. The predicted molar refractivity (Wildman–Crippen MR) is 572 cm³/mol. The standard InChI is InChI=1S/C12H13F2N3.C11H22N4.2C11H19N3.C10H18N4O.C10H19N3O.C9H17N3O.C8H15N3O.C8H15N3.C7H14N4.C7H13N3/c1-7(2)12-15-8(3)16-17(12)11-5-9(13)4-10(14)6-11;1-8(2)11-12-10(7-14(5)6)13-15(11)9(3)4;1-7(2)11-12-10(9-5-6-9)13-14(11)8(3)4;1-9(2)11-12-8-13-14(11)10-6-4-3-5-7-10;1-6(2)10-12-9(5-8(11)15)13-14(10)7(3)4;1-7(2)10-11-9(6-14-5)12-13(10)8(3)4;1-6(2)9-10-8(5-13)11-12(9)7(3)4;1-4-11-8(6(2)3)9-7(5-12)10-11;1-5-11-8(6(2)3)9-7(4)10-11;1-4-11-6(5(2)3)9-7(8)10-11;1-5(2)7-8-6(3)9-10(7)4/h4-7H,1-3H3;8-9H,7H2,1-6H3;7-9H,5-6H2,1-4H3;8-10H,3-7H2,1-2H3;6-7H,5H2,1-4H3,(H2,11,15);7-8H,6H2,1-5H3;6-7,13H,5H2,1-4H3;6,12H,4-5H2,1-3H3;6H,5H2,1-4H3;5H,4H2,1-3H3,(H2,8,10);5H,1-4H3. The molecule has 11 heterocycles. The minimum atomic E-state index is -0.622. The van der Waals surface area contributed by atoms with Crippen LogP contribution in [0.1, 0.15) is 511 Å². The van der Waals surface area contributed by atoms with E-state index in [1.807, 2.05) is 114 Å². The maximum absolute atomic E-state index is 13.2. The van der Waals surface area contributed by atoms with Gasteiger partial charge in [-0.25, -0.2) is 105 Å². The summed E-state index contributed by atoms with van der Waals surface area (Å²) in [7, 11) is 7.65. The van der Waals surface area contributed by atoms with E-state index in [4.69, 9.17) is 26.4 Å². The third-order valence-electron chi connectivity index (χ3n) is 22.3. The highest BCUT2D eigenvalue weighted by atomic mass is 19.1. The van der Waals surface area contributed by atoms with E-state index in [0.717, 1.165) is 120 Å². The number of primary amides is 1. The number of aromatic nitrogens is 33. The molecule has 0 atom stereocenters. The van der Waals surface area contributed by atoms with E-state index in [9.17, 15) is 13.6 Å². The first-order valence-corrected chi connectivity index (χ1v) is 52.5. The quantitative estimate of drug-likeness (QED) is 0.0325. The van der Waals surface area contributed by atoms with Crippen molar-refractivity contribution in [3.05, 3.63) is 153 Å². The van der Waals surface area contributed by atoms with Gasteiger partial charge in [0, 0.05) is 141 Å². The van der Waals surface area contributed by atoms with E-state index in [2.05, 4.69) is 326 Å². The number of anilines is 1. The Labute approximate surface area is 869 Å². The SMILES string of the molecule is CC(C)c1nc(C2CC2)nn1C(C)C.CC(C)c1nc(CC(N)=O)nn1C(C)C.CC(C)c1nc(CN(C)C)nn1C(C)C.CC(C)c1nc(CO)nn1C(C)C.CC(C)c1ncnn1C1CCCCC1.CCn1nc(C)nc1C(C)C.CCn1nc(CO)nc1C(C)C.CCn1nc(N)nc1C(C)C.COCc1nc(C(C)C)n(C(C)C)n1.Cc1nc(C(C)C)n(-c2cc(F)cc(F)c2)n1.Cc1nc(C(C)C)n(C)n1. The molecule has 40 nitrogen and oxygen atoms in total. The molecule has 14 rings (SSSR count). The first-order chi connectivity index (χ1) is 68.4. The van der Waals surface area contributed by atoms with Crippen molar-refractivity contribution < 1.29 is 28.5 Å². The summed E-state index contributed by atoms with van der Waals surface area (Å²) in [6.07, 6.45) is 11.0. The number of hydrogen-bond donors (Lipinski definition) is 4. The Bertz CT molecular complexity index is 5520. The Kier molecular flexibility index (Phi) is 53.5. The van der Waals surface area contributed by atoms with Crippen LogP contribution in [0, 0.1) is 32.4 Å². The molecule has 2 aliphatic rings. The summed E-state index contributed by atoms with van der Waals surface area (Å²) in [5, 5.41) is 64.8. The van der Waals surface area contributed by atoms with Gasteiger partial charge in [0.2, 0.25) is 11.9 Å². The van der Waals surface area contributed by atoms with Crippen LogP contribution in [0.4, 0.5) is 14.7 Å². The van der Waals surface area contributed by atoms with Gasteiger partial charge in [-0.2, -0.15) is 56.0 Å². The highest BCUT2D eigenvalue weighted by molar-refractivity contribution is 5.75. The van der Waals surface area contributed by atoms with Gasteiger partial charge in [0.1, 0.15) is 119 Å². The Morgan fingerprint density at radius 3 is 1.12 bits per heavy atom. The van der Waals surface area contributed by atoms with Crippen molar-refractivity contribution in [1.82, 2.24) is 167 Å². The van der Waals surface area contributed by atoms with Crippen LogP contribution in [0.15, 0.2) is 24.5 Å². The zero-order chi connectivity index (χ0) is 110. The van der Waals surface area contributed by atoms with Crippen LogP contribution >= 0.6 is 0 Å². The number of hydrogen-bond acceptors (Lipinski definition) is 28. The lowest BCUT2D eigenvalue weighted by atomic mass is 9.95. The summed E-state index contributed by atoms with van der Waals surface area (Å²) in [5.41, 5.74) is 10.9. The van der Waals surface area contributed by atoms with Gasteiger partial charge in [-0.1, -0.05) is 172 Å². The zero-order valence-electron chi connectivity index (χ0n) is 96.6. The molecule has 2 fully saturated rings. The molecule has 6 N–H and O–H groups in total. The number of nitrogen functional groups attached to an aromatic ring is 1. The molecule has 2 saturated carbocycles. The number of benzene rings is 1. The number of rotatable bonds is 30. The van der Waals surface area contributed by atoms with Gasteiger partial charge >= 0.3 is 0 Å². The molecule has 0 bridgehead atoms. The number of carbonyl (C=O) groups is 1. The van der Waals surface area contributed by atoms with Crippen LogP contribution in [0.5, 0.6) is 0 Å². The second kappa shape index (κ2) is 61.5. The van der Waals surface area contributed by atoms with Gasteiger partial charge in [0.25, 0.3) is 0 Å². The van der Waals surface area contributed by atoms with Crippen molar-refractivity contribution in [2.75, 3.05) is 26.9 Å². The molecular weight excluding hydrogens is 1860 g/mol. The molecule has 0 radical (unpaired) electrons. The highest BCUT2D eigenvalue weighted by Gasteiger charge is 2.31. The second-order valence-electron chi connectivity index (χ2n) is 41.9. The molecule has 42 heteroatoms. The number of aliphatic hydroxyl groups excluding tert-OH is 2. The number of nitrogens with two attached hydrogens (primary N) is 2. The Morgan fingerprint density at radius 1 is 0.404 bits per heavy atom. The molecule has 0 spiro atoms. The minimum Gasteiger partial charge on any atom is -0.388 e. The summed E-state index contributed by atoms with van der Waals surface area (Å²) in [6.45, 7) is 82.6. The summed E-state index contributed by atoms with van der Waals surface area (Å²) in [5.74, 6) is 21.2. The van der Waals surface area contributed by atoms with E-state index in [1.165, 1.54) is 61.8 Å². The number of nitrogens with zero attached hydrogens (tertiary/aromatic N) is 34. The van der Waals surface area contributed by atoms with Gasteiger partial charge in [-0.15, -0.1) is 5.10 Å². The lowest BCUT2D eigenvalue weighted by molar-refractivity contribution is -0.117. The summed E-state index contributed by atoms with van der Waals surface area (Å²) in [6, 6.07) is 5.63. The number of aryl methyl sites for hydroxylation is 7. The summed E-state index contributed by atoms with van der Waals surface area (Å²) in [4.78, 5) is 60.6. The number of ether oxygens (including phenoxy) is 1. The topological polar surface area (TPSA) is 460 Å². The molecular formula is C104H184F2N36O4. The van der Waals surface area contributed by atoms with E-state index in [0.29, 0.717) is 143 Å². The molecule has 0 aliphatic heterocycles. The predicted octanol–water partition coefficient (Wildman–Crippen LogP) is 20.3. The van der Waals surface area contributed by atoms with Crippen molar-refractivity contribution in [2.24, 2.45) is 12.8 Å². The lowest BCUT2D eigenvalue weighted by Gasteiger charge is -2.23. The summed E-state index contributed by atoms with van der Waals surface area (Å²) >= 11 is 0. The number of amides is 1. The zero-order valence-corrected chi connectivity index (χ0v) is 96.6. The molecule has 0 unspecified atom stereocenters. The van der Waals surface area contributed by atoms with E-state index in [-0.39, 0.29) is 31.6 Å². The fourth-order valence-electron chi connectivity index (χ4n) is 15.4. The van der Waals surface area contributed by atoms with Crippen LogP contribution in [-0.2, 0) is 69.0 Å². The fourth-order valence-corrected chi connectivity index (χ4v) is 15.4. The Hall–Kier alpha value is -11.3. The lowest BCUT2D eigenvalue weighted by Crippen LogP contribution is -2.17. The van der Waals surface area contributed by atoms with Gasteiger partial charge in [-0.3, -0.25) is 9.48 Å². The Morgan fingerprint density at radius 2 is 0.753 bits per heavy atom. The molecule has 818 valence electrons. The van der Waals surface area contributed by atoms with Gasteiger partial charge in [0.15, 0.2) is 34.9 Å². The first kappa shape index (κ1) is 127. The number of methoxy groups -OCH3 is 1. The smallest absolute Gasteiger partial charge is 0.239 e. The van der Waals surface area contributed by atoms with Crippen molar-refractivity contribution in [3.63, 3.8) is 0 Å². The average molecular weight is 2040 g/mol. The molecule has 12 aromatic rings. The third kappa shape index (κ3) is 40.4. The van der Waals surface area contributed by atoms with Gasteiger partial charge in [0.05, 0.1) is 24.7 Å². The fraction of sp³-hybridized carbons (Fsp3) is 0.721. The third-order valence-corrected chi connectivity index (χ3v) is 22.3. The molecule has 2 aliphatic carbocycles. The maximum atomic E-state index is 13.2. The van der Waals surface area contributed by atoms with Crippen molar-refractivity contribution >= 4 is 11.9 Å². The van der Waals surface area contributed by atoms with Crippen LogP contribution in [-0.4, -0.2) is 205 Å². The Balaban J connectivity index is 0.000000335. The van der Waals surface area contributed by atoms with Gasteiger partial charge in [-0.05, 0) is 163 Å². The molecule has 146 heavy (non-hydrogen) atoms. The van der Waals surface area contributed by atoms with E-state index in [1.54, 1.807) is 20.4 Å². The van der Waals surface area contributed by atoms with Crippen molar-refractivity contribution in [2.45, 2.75) is 468 Å². The number of halogens is 2. The van der Waals surface area contributed by atoms with Gasteiger partial charge < -0.3 is 31.3 Å².